The van der Waals surface area contributed by atoms with Crippen LogP contribution in [0.2, 0.25) is 0 Å². The van der Waals surface area contributed by atoms with Crippen LogP contribution in [0.4, 0.5) is 0 Å². The third-order valence-electron chi connectivity index (χ3n) is 2.79. The maximum Gasteiger partial charge on any atom is 0.330 e. The highest BCUT2D eigenvalue weighted by atomic mass is 16.5. The molecule has 1 aliphatic rings. The number of aromatic amines is 1. The molecular formula is C10H14N2O5. The van der Waals surface area contributed by atoms with Crippen LogP contribution in [0.5, 0.6) is 0 Å². The summed E-state index contributed by atoms with van der Waals surface area (Å²) >= 11 is 0. The number of nitrogens with one attached hydrogen (secondary N) is 1. The highest BCUT2D eigenvalue weighted by Crippen LogP contribution is 2.27. The van der Waals surface area contributed by atoms with Crippen LogP contribution in [0.25, 0.3) is 0 Å². The third kappa shape index (κ3) is 2.17. The van der Waals surface area contributed by atoms with E-state index in [0.29, 0.717) is 5.56 Å². The Balaban J connectivity index is 2.38. The number of nitrogens with zero attached hydrogens (tertiary/aromatic N) is 1. The van der Waals surface area contributed by atoms with E-state index < -0.39 is 29.7 Å². The van der Waals surface area contributed by atoms with E-state index in [1.165, 1.54) is 6.20 Å². The number of aliphatic hydroxyl groups is 2. The number of aryl methyl sites for hydroxylation is 1. The van der Waals surface area contributed by atoms with Crippen LogP contribution in [0.15, 0.2) is 15.8 Å². The monoisotopic (exact) mass is 242 g/mol. The highest BCUT2D eigenvalue weighted by Gasteiger charge is 2.35. The van der Waals surface area contributed by atoms with Crippen molar-refractivity contribution < 1.29 is 14.9 Å². The standard InChI is InChI=1S/C10H14N2O5/c1-5-3-12(10(16)11-8(5)15)9-7(14)2-6(4-13)17-9/h3,6-7,9,13-14H,2,4H2,1H3,(H,11,15,16)/t6-,7+,9-/m1/s1. The number of hydrogen-bond acceptors (Lipinski definition) is 5. The van der Waals surface area contributed by atoms with Gasteiger partial charge < -0.3 is 14.9 Å². The Morgan fingerprint density at radius 3 is 2.88 bits per heavy atom. The van der Waals surface area contributed by atoms with Gasteiger partial charge in [-0.05, 0) is 6.92 Å². The normalized spacial score (nSPS) is 28.5. The fourth-order valence-corrected chi connectivity index (χ4v) is 1.87. The predicted molar refractivity (Wildman–Crippen MR) is 57.7 cm³/mol. The zero-order valence-corrected chi connectivity index (χ0v) is 9.29. The van der Waals surface area contributed by atoms with Crippen molar-refractivity contribution in [2.75, 3.05) is 6.61 Å². The molecule has 1 aromatic rings. The largest absolute Gasteiger partial charge is 0.394 e. The molecule has 1 aromatic heterocycles. The predicted octanol–water partition coefficient (Wildman–Crippen LogP) is -1.51. The maximum atomic E-state index is 11.6. The first-order valence-electron chi connectivity index (χ1n) is 5.29. The average molecular weight is 242 g/mol. The second-order valence-corrected chi connectivity index (χ2v) is 4.11. The molecule has 17 heavy (non-hydrogen) atoms. The zero-order chi connectivity index (χ0) is 12.6. The second-order valence-electron chi connectivity index (χ2n) is 4.11. The Kier molecular flexibility index (Phi) is 3.14. The summed E-state index contributed by atoms with van der Waals surface area (Å²) in [7, 11) is 0. The molecular weight excluding hydrogens is 228 g/mol. The van der Waals surface area contributed by atoms with E-state index in [-0.39, 0.29) is 13.0 Å². The minimum Gasteiger partial charge on any atom is -0.394 e. The minimum atomic E-state index is -0.879. The summed E-state index contributed by atoms with van der Waals surface area (Å²) in [5.41, 5.74) is -0.742. The number of hydrogen-bond donors (Lipinski definition) is 3. The molecule has 0 amide bonds. The molecule has 0 saturated carbocycles. The highest BCUT2D eigenvalue weighted by molar-refractivity contribution is 5.02. The van der Waals surface area contributed by atoms with Gasteiger partial charge in [-0.25, -0.2) is 4.79 Å². The Hall–Kier alpha value is -1.44. The van der Waals surface area contributed by atoms with Crippen LogP contribution in [0, 0.1) is 6.92 Å². The topological polar surface area (TPSA) is 105 Å². The van der Waals surface area contributed by atoms with Gasteiger partial charge in [-0.2, -0.15) is 0 Å². The van der Waals surface area contributed by atoms with Crippen molar-refractivity contribution in [2.45, 2.75) is 31.8 Å². The van der Waals surface area contributed by atoms with Gasteiger partial charge in [-0.3, -0.25) is 14.3 Å². The van der Waals surface area contributed by atoms with Gasteiger partial charge in [0.05, 0.1) is 12.7 Å². The van der Waals surface area contributed by atoms with Gasteiger partial charge in [0.25, 0.3) is 5.56 Å². The van der Waals surface area contributed by atoms with Gasteiger partial charge in [0.1, 0.15) is 6.10 Å². The van der Waals surface area contributed by atoms with Crippen molar-refractivity contribution in [2.24, 2.45) is 0 Å². The van der Waals surface area contributed by atoms with E-state index in [1.54, 1.807) is 6.92 Å². The SMILES string of the molecule is Cc1cn([C@@H]2O[C@@H](CO)C[C@@H]2O)c(=O)[nH]c1=O. The lowest BCUT2D eigenvalue weighted by Gasteiger charge is -2.17. The van der Waals surface area contributed by atoms with E-state index >= 15 is 0 Å². The number of aromatic nitrogens is 2. The molecule has 0 bridgehead atoms. The molecule has 1 fully saturated rings. The quantitative estimate of drug-likeness (QED) is 0.584. The summed E-state index contributed by atoms with van der Waals surface area (Å²) in [5, 5.41) is 18.7. The van der Waals surface area contributed by atoms with E-state index in [1.807, 2.05) is 0 Å². The van der Waals surface area contributed by atoms with Gasteiger partial charge >= 0.3 is 5.69 Å². The first-order chi connectivity index (χ1) is 8.02. The summed E-state index contributed by atoms with van der Waals surface area (Å²) in [6, 6.07) is 0. The smallest absolute Gasteiger partial charge is 0.330 e. The zero-order valence-electron chi connectivity index (χ0n) is 9.29. The van der Waals surface area contributed by atoms with Crippen molar-refractivity contribution in [1.29, 1.82) is 0 Å². The molecule has 7 heteroatoms. The summed E-state index contributed by atoms with van der Waals surface area (Å²) in [6.07, 6.45) is -0.639. The van der Waals surface area contributed by atoms with Crippen molar-refractivity contribution in [1.82, 2.24) is 9.55 Å². The fourth-order valence-electron chi connectivity index (χ4n) is 1.87. The van der Waals surface area contributed by atoms with Crippen LogP contribution >= 0.6 is 0 Å². The maximum absolute atomic E-state index is 11.6. The van der Waals surface area contributed by atoms with Gasteiger partial charge in [0, 0.05) is 18.2 Å². The Morgan fingerprint density at radius 1 is 1.59 bits per heavy atom. The lowest BCUT2D eigenvalue weighted by atomic mass is 10.2. The second kappa shape index (κ2) is 4.44. The molecule has 1 aliphatic heterocycles. The molecule has 0 unspecified atom stereocenters. The molecule has 3 atom stereocenters. The molecule has 0 radical (unpaired) electrons. The summed E-state index contributed by atoms with van der Waals surface area (Å²) in [6.45, 7) is 1.34. The van der Waals surface area contributed by atoms with Gasteiger partial charge in [-0.15, -0.1) is 0 Å². The molecule has 2 rings (SSSR count). The van der Waals surface area contributed by atoms with Crippen molar-refractivity contribution in [3.63, 3.8) is 0 Å². The van der Waals surface area contributed by atoms with Crippen LogP contribution in [-0.2, 0) is 4.74 Å². The minimum absolute atomic E-state index is 0.218. The summed E-state index contributed by atoms with van der Waals surface area (Å²) < 4.78 is 6.46. The average Bonchev–Trinajstić information content (AvgIpc) is 2.65. The third-order valence-corrected chi connectivity index (χ3v) is 2.79. The van der Waals surface area contributed by atoms with Crippen LogP contribution in [0.3, 0.4) is 0 Å². The molecule has 94 valence electrons. The lowest BCUT2D eigenvalue weighted by Crippen LogP contribution is -2.36. The van der Waals surface area contributed by atoms with E-state index in [4.69, 9.17) is 9.84 Å². The van der Waals surface area contributed by atoms with E-state index in [2.05, 4.69) is 4.98 Å². The molecule has 0 spiro atoms. The molecule has 2 heterocycles. The summed E-state index contributed by atoms with van der Waals surface area (Å²) in [5.74, 6) is 0. The van der Waals surface area contributed by atoms with Gasteiger partial charge in [-0.1, -0.05) is 0 Å². The number of rotatable bonds is 2. The molecule has 0 aliphatic carbocycles. The summed E-state index contributed by atoms with van der Waals surface area (Å²) in [4.78, 5) is 24.9. The molecule has 7 nitrogen and oxygen atoms in total. The van der Waals surface area contributed by atoms with Crippen molar-refractivity contribution in [3.05, 3.63) is 32.6 Å². The Bertz CT molecular complexity index is 520. The van der Waals surface area contributed by atoms with Crippen LogP contribution < -0.4 is 11.2 Å². The van der Waals surface area contributed by atoms with Gasteiger partial charge in [0.2, 0.25) is 0 Å². The Morgan fingerprint density at radius 2 is 2.29 bits per heavy atom. The number of aliphatic hydroxyl groups excluding tert-OH is 2. The van der Waals surface area contributed by atoms with E-state index in [9.17, 15) is 14.7 Å². The van der Waals surface area contributed by atoms with Crippen LogP contribution in [0.1, 0.15) is 18.2 Å². The van der Waals surface area contributed by atoms with Crippen molar-refractivity contribution in [3.8, 4) is 0 Å². The number of ether oxygens (including phenoxy) is 1. The van der Waals surface area contributed by atoms with E-state index in [0.717, 1.165) is 4.57 Å². The molecule has 1 saturated heterocycles. The van der Waals surface area contributed by atoms with Crippen LogP contribution in [-0.4, -0.2) is 38.6 Å². The first-order valence-corrected chi connectivity index (χ1v) is 5.29. The van der Waals surface area contributed by atoms with Crippen molar-refractivity contribution >= 4 is 0 Å². The lowest BCUT2D eigenvalue weighted by molar-refractivity contribution is -0.0531. The first kappa shape index (κ1) is 12.0. The Labute approximate surface area is 96.3 Å². The molecule has 3 N–H and O–H groups in total. The number of H-pyrrole nitrogens is 1. The van der Waals surface area contributed by atoms with Gasteiger partial charge in [0.15, 0.2) is 6.23 Å². The molecule has 0 aromatic carbocycles. The fraction of sp³-hybridized carbons (Fsp3) is 0.600.